The van der Waals surface area contributed by atoms with Crippen molar-refractivity contribution < 1.29 is 4.79 Å². The lowest BCUT2D eigenvalue weighted by Crippen LogP contribution is -2.54. The second kappa shape index (κ2) is 4.76. The van der Waals surface area contributed by atoms with Crippen molar-refractivity contribution in [3.63, 3.8) is 0 Å². The van der Waals surface area contributed by atoms with E-state index in [0.29, 0.717) is 18.4 Å². The summed E-state index contributed by atoms with van der Waals surface area (Å²) in [6, 6.07) is 0. The lowest BCUT2D eigenvalue weighted by molar-refractivity contribution is -0.149. The maximum Gasteiger partial charge on any atom is 0.229 e. The highest BCUT2D eigenvalue weighted by atomic mass is 16.2. The number of amides is 1. The Morgan fingerprint density at radius 2 is 2.05 bits per heavy atom. The van der Waals surface area contributed by atoms with Crippen molar-refractivity contribution in [1.82, 2.24) is 4.90 Å². The normalized spacial score (nSPS) is 44.2. The van der Waals surface area contributed by atoms with E-state index in [9.17, 15) is 4.79 Å². The summed E-state index contributed by atoms with van der Waals surface area (Å²) in [7, 11) is 1.99. The van der Waals surface area contributed by atoms with Gasteiger partial charge in [-0.25, -0.2) is 0 Å². The molecule has 0 aromatic heterocycles. The van der Waals surface area contributed by atoms with Gasteiger partial charge in [0.2, 0.25) is 5.91 Å². The maximum absolute atomic E-state index is 12.7. The standard InChI is InChI=1S/C16H28N2O/c1-11-7-16(8-11,10-17)15(19)18(2)9-14-6-12-3-4-13(14)5-12/h11-14H,3-10,17H2,1-2H3. The second-order valence-corrected chi connectivity index (χ2v) is 7.62. The van der Waals surface area contributed by atoms with Crippen molar-refractivity contribution >= 4 is 5.91 Å². The minimum absolute atomic E-state index is 0.216. The Hall–Kier alpha value is -0.570. The van der Waals surface area contributed by atoms with Crippen molar-refractivity contribution in [3.05, 3.63) is 0 Å². The number of nitrogens with two attached hydrogens (primary N) is 1. The molecule has 0 aromatic rings. The van der Waals surface area contributed by atoms with Crippen molar-refractivity contribution in [2.75, 3.05) is 20.1 Å². The molecule has 3 fully saturated rings. The quantitative estimate of drug-likeness (QED) is 0.846. The molecule has 0 heterocycles. The largest absolute Gasteiger partial charge is 0.345 e. The van der Waals surface area contributed by atoms with Crippen molar-refractivity contribution in [2.45, 2.75) is 45.4 Å². The van der Waals surface area contributed by atoms with E-state index in [0.717, 1.165) is 37.1 Å². The van der Waals surface area contributed by atoms with Gasteiger partial charge >= 0.3 is 0 Å². The zero-order chi connectivity index (χ0) is 13.6. The monoisotopic (exact) mass is 264 g/mol. The van der Waals surface area contributed by atoms with Gasteiger partial charge in [0.15, 0.2) is 0 Å². The molecule has 3 heteroatoms. The molecule has 3 rings (SSSR count). The fourth-order valence-electron chi connectivity index (χ4n) is 5.14. The first-order chi connectivity index (χ1) is 9.04. The number of hydrogen-bond donors (Lipinski definition) is 1. The number of rotatable bonds is 4. The fourth-order valence-corrected chi connectivity index (χ4v) is 5.14. The Balaban J connectivity index is 1.58. The average Bonchev–Trinajstić information content (AvgIpc) is 2.95. The molecule has 3 atom stereocenters. The van der Waals surface area contributed by atoms with E-state index >= 15 is 0 Å². The van der Waals surface area contributed by atoms with Crippen molar-refractivity contribution in [3.8, 4) is 0 Å². The molecule has 2 N–H and O–H groups in total. The first-order valence-electron chi connectivity index (χ1n) is 7.99. The summed E-state index contributed by atoms with van der Waals surface area (Å²) >= 11 is 0. The molecule has 19 heavy (non-hydrogen) atoms. The van der Waals surface area contributed by atoms with Gasteiger partial charge in [-0.05, 0) is 55.8 Å². The van der Waals surface area contributed by atoms with Crippen LogP contribution < -0.4 is 5.73 Å². The van der Waals surface area contributed by atoms with Crippen LogP contribution in [0.25, 0.3) is 0 Å². The highest BCUT2D eigenvalue weighted by molar-refractivity contribution is 5.83. The zero-order valence-corrected chi connectivity index (χ0v) is 12.4. The predicted molar refractivity (Wildman–Crippen MR) is 76.5 cm³/mol. The molecule has 0 aliphatic heterocycles. The highest BCUT2D eigenvalue weighted by Crippen LogP contribution is 2.49. The number of nitrogens with zero attached hydrogens (tertiary/aromatic N) is 1. The van der Waals surface area contributed by atoms with Gasteiger partial charge in [-0.2, -0.15) is 0 Å². The summed E-state index contributed by atoms with van der Waals surface area (Å²) in [6.45, 7) is 3.71. The fraction of sp³-hybridized carbons (Fsp3) is 0.938. The number of hydrogen-bond acceptors (Lipinski definition) is 2. The molecule has 108 valence electrons. The van der Waals surface area contributed by atoms with Gasteiger partial charge in [0.05, 0.1) is 5.41 Å². The van der Waals surface area contributed by atoms with Crippen molar-refractivity contribution in [2.24, 2.45) is 34.8 Å². The molecule has 0 aromatic carbocycles. The molecule has 0 saturated heterocycles. The van der Waals surface area contributed by atoms with Crippen LogP contribution in [0.5, 0.6) is 0 Å². The summed E-state index contributed by atoms with van der Waals surface area (Å²) in [5.74, 6) is 3.61. The minimum atomic E-state index is -0.216. The van der Waals surface area contributed by atoms with E-state index in [4.69, 9.17) is 5.73 Å². The highest BCUT2D eigenvalue weighted by Gasteiger charge is 2.49. The van der Waals surface area contributed by atoms with Crippen LogP contribution in [0.4, 0.5) is 0 Å². The van der Waals surface area contributed by atoms with Gasteiger partial charge in [-0.15, -0.1) is 0 Å². The SMILES string of the molecule is CC1CC(CN)(C(=O)N(C)CC2CC3CCC2C3)C1. The van der Waals surface area contributed by atoms with Gasteiger partial charge < -0.3 is 10.6 Å². The van der Waals surface area contributed by atoms with Gasteiger partial charge in [0.1, 0.15) is 0 Å². The summed E-state index contributed by atoms with van der Waals surface area (Å²) in [6.07, 6.45) is 7.59. The topological polar surface area (TPSA) is 46.3 Å². The maximum atomic E-state index is 12.7. The molecule has 0 radical (unpaired) electrons. The summed E-state index contributed by atoms with van der Waals surface area (Å²) in [4.78, 5) is 14.7. The van der Waals surface area contributed by atoms with Crippen LogP contribution in [-0.2, 0) is 4.79 Å². The molecule has 3 nitrogen and oxygen atoms in total. The summed E-state index contributed by atoms with van der Waals surface area (Å²) < 4.78 is 0. The zero-order valence-electron chi connectivity index (χ0n) is 12.4. The Labute approximate surface area is 116 Å². The van der Waals surface area contributed by atoms with Crippen LogP contribution in [0.1, 0.15) is 45.4 Å². The molecule has 2 bridgehead atoms. The second-order valence-electron chi connectivity index (χ2n) is 7.62. The predicted octanol–water partition coefficient (Wildman–Crippen LogP) is 2.26. The average molecular weight is 264 g/mol. The first-order valence-corrected chi connectivity index (χ1v) is 7.99. The molecule has 3 saturated carbocycles. The van der Waals surface area contributed by atoms with E-state index in [1.54, 1.807) is 0 Å². The molecule has 3 aliphatic rings. The first kappa shape index (κ1) is 13.4. The molecule has 3 unspecified atom stereocenters. The van der Waals surface area contributed by atoms with Crippen LogP contribution >= 0.6 is 0 Å². The smallest absolute Gasteiger partial charge is 0.229 e. The molecular formula is C16H28N2O. The van der Waals surface area contributed by atoms with Crippen LogP contribution in [0.2, 0.25) is 0 Å². The Bertz CT molecular complexity index is 362. The Morgan fingerprint density at radius 3 is 2.53 bits per heavy atom. The van der Waals surface area contributed by atoms with E-state index in [1.165, 1.54) is 25.7 Å². The van der Waals surface area contributed by atoms with Gasteiger partial charge in [0, 0.05) is 20.1 Å². The molecular weight excluding hydrogens is 236 g/mol. The number of carbonyl (C=O) groups is 1. The number of carbonyl (C=O) groups excluding carboxylic acids is 1. The summed E-state index contributed by atoms with van der Waals surface area (Å²) in [5.41, 5.74) is 5.67. The van der Waals surface area contributed by atoms with Crippen LogP contribution in [0, 0.1) is 29.1 Å². The number of fused-ring (bicyclic) bond motifs is 2. The third-order valence-corrected chi connectivity index (χ3v) is 6.06. The molecule has 1 amide bonds. The van der Waals surface area contributed by atoms with E-state index in [-0.39, 0.29) is 5.41 Å². The molecule has 3 aliphatic carbocycles. The lowest BCUT2D eigenvalue weighted by atomic mass is 9.62. The van der Waals surface area contributed by atoms with Crippen LogP contribution in [0.15, 0.2) is 0 Å². The lowest BCUT2D eigenvalue weighted by Gasteiger charge is -2.46. The Kier molecular flexibility index (Phi) is 3.36. The third kappa shape index (κ3) is 2.20. The van der Waals surface area contributed by atoms with Gasteiger partial charge in [-0.1, -0.05) is 13.3 Å². The molecule has 0 spiro atoms. The van der Waals surface area contributed by atoms with E-state index in [2.05, 4.69) is 6.92 Å². The van der Waals surface area contributed by atoms with E-state index in [1.807, 2.05) is 11.9 Å². The van der Waals surface area contributed by atoms with Crippen LogP contribution in [-0.4, -0.2) is 30.9 Å². The minimum Gasteiger partial charge on any atom is -0.345 e. The Morgan fingerprint density at radius 1 is 1.32 bits per heavy atom. The van der Waals surface area contributed by atoms with Gasteiger partial charge in [0.25, 0.3) is 0 Å². The third-order valence-electron chi connectivity index (χ3n) is 6.06. The summed E-state index contributed by atoms with van der Waals surface area (Å²) in [5, 5.41) is 0. The van der Waals surface area contributed by atoms with Crippen LogP contribution in [0.3, 0.4) is 0 Å². The van der Waals surface area contributed by atoms with Crippen molar-refractivity contribution in [1.29, 1.82) is 0 Å². The van der Waals surface area contributed by atoms with E-state index < -0.39 is 0 Å². The van der Waals surface area contributed by atoms with Gasteiger partial charge in [-0.3, -0.25) is 4.79 Å².